The van der Waals surface area contributed by atoms with Crippen molar-refractivity contribution in [3.05, 3.63) is 54.1 Å². The van der Waals surface area contributed by atoms with Crippen LogP contribution >= 0.6 is 0 Å². The zero-order chi connectivity index (χ0) is 24.7. The second-order valence-corrected chi connectivity index (χ2v) is 10.5. The molecule has 0 spiro atoms. The lowest BCUT2D eigenvalue weighted by Gasteiger charge is -2.31. The number of amides is 2. The van der Waals surface area contributed by atoms with E-state index in [2.05, 4.69) is 10.6 Å². The highest BCUT2D eigenvalue weighted by Gasteiger charge is 2.27. The number of hydrogen-bond donors (Lipinski definition) is 2. The summed E-state index contributed by atoms with van der Waals surface area (Å²) in [5.74, 6) is -0.466. The number of piperidine rings is 1. The van der Waals surface area contributed by atoms with Crippen LogP contribution in [0.25, 0.3) is 0 Å². The van der Waals surface area contributed by atoms with Gasteiger partial charge < -0.3 is 10.6 Å². The number of nitrogens with zero attached hydrogens (tertiary/aromatic N) is 2. The number of likely N-dealkylation sites (tertiary alicyclic amines) is 1. The third kappa shape index (κ3) is 6.43. The summed E-state index contributed by atoms with van der Waals surface area (Å²) in [6.45, 7) is 7.48. The van der Waals surface area contributed by atoms with Gasteiger partial charge in [0.1, 0.15) is 0 Å². The Morgan fingerprint density at radius 1 is 1.03 bits per heavy atom. The Bertz CT molecular complexity index is 1100. The Morgan fingerprint density at radius 2 is 1.74 bits per heavy atom. The van der Waals surface area contributed by atoms with E-state index < -0.39 is 10.0 Å². The first-order valence-corrected chi connectivity index (χ1v) is 13.2. The first-order valence-electron chi connectivity index (χ1n) is 11.7. The third-order valence-corrected chi connectivity index (χ3v) is 8.27. The fraction of sp³-hybridized carbons (Fsp3) is 0.440. The molecule has 0 bridgehead atoms. The van der Waals surface area contributed by atoms with Gasteiger partial charge in [-0.25, -0.2) is 8.42 Å². The minimum Gasteiger partial charge on any atom is -0.326 e. The average Bonchev–Trinajstić information content (AvgIpc) is 2.81. The van der Waals surface area contributed by atoms with Crippen LogP contribution in [-0.2, 0) is 19.6 Å². The zero-order valence-electron chi connectivity index (χ0n) is 20.1. The van der Waals surface area contributed by atoms with Crippen molar-refractivity contribution in [1.82, 2.24) is 9.21 Å². The number of benzene rings is 2. The molecule has 0 aliphatic carbocycles. The summed E-state index contributed by atoms with van der Waals surface area (Å²) < 4.78 is 27.3. The Kier molecular flexibility index (Phi) is 8.82. The molecular formula is C25H34N4O4S. The molecule has 0 saturated carbocycles. The Hall–Kier alpha value is -2.75. The first-order chi connectivity index (χ1) is 16.2. The Morgan fingerprint density at radius 3 is 2.41 bits per heavy atom. The second kappa shape index (κ2) is 11.6. The van der Waals surface area contributed by atoms with Crippen molar-refractivity contribution < 1.29 is 18.0 Å². The molecule has 2 amide bonds. The molecule has 0 aromatic heterocycles. The van der Waals surface area contributed by atoms with Crippen LogP contribution in [0.1, 0.15) is 32.3 Å². The SMILES string of the molecule is CCN(CC)S(=O)(=O)c1cc(NC(=O)CN2CCCC(C(=O)Nc3ccccc3)C2)ccc1C. The number of hydrogen-bond acceptors (Lipinski definition) is 5. The van der Waals surface area contributed by atoms with E-state index in [1.54, 1.807) is 32.9 Å². The minimum absolute atomic E-state index is 0.0407. The Labute approximate surface area is 202 Å². The maximum Gasteiger partial charge on any atom is 0.243 e. The molecule has 2 aromatic rings. The maximum absolute atomic E-state index is 13.0. The molecule has 1 atom stereocenters. The molecule has 0 radical (unpaired) electrons. The van der Waals surface area contributed by atoms with Gasteiger partial charge in [0, 0.05) is 31.0 Å². The van der Waals surface area contributed by atoms with Gasteiger partial charge in [-0.05, 0) is 56.1 Å². The molecule has 34 heavy (non-hydrogen) atoms. The molecule has 1 unspecified atom stereocenters. The summed E-state index contributed by atoms with van der Waals surface area (Å²) >= 11 is 0. The molecule has 1 saturated heterocycles. The van der Waals surface area contributed by atoms with Gasteiger partial charge in [-0.2, -0.15) is 4.31 Å². The maximum atomic E-state index is 13.0. The van der Waals surface area contributed by atoms with E-state index in [0.717, 1.165) is 25.1 Å². The van der Waals surface area contributed by atoms with Crippen molar-refractivity contribution in [3.63, 3.8) is 0 Å². The highest BCUT2D eigenvalue weighted by molar-refractivity contribution is 7.89. The number of aryl methyl sites for hydroxylation is 1. The number of anilines is 2. The number of rotatable bonds is 9. The van der Waals surface area contributed by atoms with Gasteiger partial charge in [0.05, 0.1) is 17.4 Å². The lowest BCUT2D eigenvalue weighted by Crippen LogP contribution is -2.44. The van der Waals surface area contributed by atoms with Crippen LogP contribution in [-0.4, -0.2) is 62.2 Å². The molecule has 1 heterocycles. The van der Waals surface area contributed by atoms with Crippen molar-refractivity contribution in [2.45, 2.75) is 38.5 Å². The molecule has 2 aromatic carbocycles. The number of sulfonamides is 1. The molecule has 9 heteroatoms. The largest absolute Gasteiger partial charge is 0.326 e. The van der Waals surface area contributed by atoms with Crippen molar-refractivity contribution in [1.29, 1.82) is 0 Å². The molecule has 184 valence electrons. The minimum atomic E-state index is -3.63. The summed E-state index contributed by atoms with van der Waals surface area (Å²) in [6, 6.07) is 14.3. The van der Waals surface area contributed by atoms with Crippen LogP contribution in [0.2, 0.25) is 0 Å². The van der Waals surface area contributed by atoms with Crippen molar-refractivity contribution >= 4 is 33.2 Å². The van der Waals surface area contributed by atoms with Crippen molar-refractivity contribution in [2.75, 3.05) is 43.4 Å². The second-order valence-electron chi connectivity index (χ2n) is 8.55. The van der Waals surface area contributed by atoms with E-state index in [1.807, 2.05) is 35.2 Å². The van der Waals surface area contributed by atoms with E-state index >= 15 is 0 Å². The highest BCUT2D eigenvalue weighted by atomic mass is 32.2. The average molecular weight is 487 g/mol. The summed E-state index contributed by atoms with van der Waals surface area (Å²) in [4.78, 5) is 27.6. The van der Waals surface area contributed by atoms with Crippen LogP contribution in [0.5, 0.6) is 0 Å². The van der Waals surface area contributed by atoms with Gasteiger partial charge in [0.2, 0.25) is 21.8 Å². The molecule has 3 rings (SSSR count). The number of carbonyl (C=O) groups is 2. The monoisotopic (exact) mass is 486 g/mol. The van der Waals surface area contributed by atoms with Crippen LogP contribution in [0, 0.1) is 12.8 Å². The van der Waals surface area contributed by atoms with E-state index in [0.29, 0.717) is 30.9 Å². The Balaban J connectivity index is 1.61. The van der Waals surface area contributed by atoms with Crippen LogP contribution in [0.4, 0.5) is 11.4 Å². The molecular weight excluding hydrogens is 452 g/mol. The predicted molar refractivity (Wildman–Crippen MR) is 134 cm³/mol. The molecule has 1 aliphatic heterocycles. The van der Waals surface area contributed by atoms with Gasteiger partial charge in [-0.15, -0.1) is 0 Å². The lowest BCUT2D eigenvalue weighted by molar-refractivity contribution is -0.123. The van der Waals surface area contributed by atoms with E-state index in [1.165, 1.54) is 10.4 Å². The topological polar surface area (TPSA) is 98.8 Å². The van der Waals surface area contributed by atoms with Gasteiger partial charge in [-0.3, -0.25) is 14.5 Å². The fourth-order valence-corrected chi connectivity index (χ4v) is 5.95. The molecule has 2 N–H and O–H groups in total. The van der Waals surface area contributed by atoms with Gasteiger partial charge in [-0.1, -0.05) is 38.1 Å². The van der Waals surface area contributed by atoms with Crippen LogP contribution < -0.4 is 10.6 Å². The summed E-state index contributed by atoms with van der Waals surface area (Å²) in [5, 5.41) is 5.77. The number of carbonyl (C=O) groups excluding carboxylic acids is 2. The van der Waals surface area contributed by atoms with Gasteiger partial charge in [0.25, 0.3) is 0 Å². The summed E-state index contributed by atoms with van der Waals surface area (Å²) in [7, 11) is -3.63. The first kappa shape index (κ1) is 25.9. The van der Waals surface area contributed by atoms with Crippen LogP contribution in [0.3, 0.4) is 0 Å². The van der Waals surface area contributed by atoms with Gasteiger partial charge >= 0.3 is 0 Å². The normalized spacial score (nSPS) is 16.9. The standard InChI is InChI=1S/C25H34N4O4S/c1-4-29(5-2)34(32,33)23-16-22(14-13-19(23)3)26-24(30)18-28-15-9-10-20(17-28)25(31)27-21-11-7-6-8-12-21/h6-8,11-14,16,20H,4-5,9-10,15,17-18H2,1-3H3,(H,26,30)(H,27,31). The predicted octanol–water partition coefficient (Wildman–Crippen LogP) is 3.31. The fourth-order valence-electron chi connectivity index (χ4n) is 4.24. The van der Waals surface area contributed by atoms with E-state index in [4.69, 9.17) is 0 Å². The third-order valence-electron chi connectivity index (χ3n) is 6.08. The van der Waals surface area contributed by atoms with Crippen molar-refractivity contribution in [2.24, 2.45) is 5.92 Å². The van der Waals surface area contributed by atoms with E-state index in [-0.39, 0.29) is 29.2 Å². The lowest BCUT2D eigenvalue weighted by atomic mass is 9.97. The smallest absolute Gasteiger partial charge is 0.243 e. The molecule has 1 fully saturated rings. The van der Waals surface area contributed by atoms with Crippen molar-refractivity contribution in [3.8, 4) is 0 Å². The number of nitrogens with one attached hydrogen (secondary N) is 2. The summed E-state index contributed by atoms with van der Waals surface area (Å²) in [5.41, 5.74) is 1.84. The quantitative estimate of drug-likeness (QED) is 0.567. The highest BCUT2D eigenvalue weighted by Crippen LogP contribution is 2.24. The van der Waals surface area contributed by atoms with E-state index in [9.17, 15) is 18.0 Å². The molecule has 8 nitrogen and oxygen atoms in total. The molecule has 1 aliphatic rings. The number of para-hydroxylation sites is 1. The zero-order valence-corrected chi connectivity index (χ0v) is 20.9. The van der Waals surface area contributed by atoms with Crippen LogP contribution in [0.15, 0.2) is 53.4 Å². The van der Waals surface area contributed by atoms with Gasteiger partial charge in [0.15, 0.2) is 0 Å². The summed E-state index contributed by atoms with van der Waals surface area (Å²) in [6.07, 6.45) is 1.61.